The number of benzene rings is 2. The topological polar surface area (TPSA) is 207 Å². The number of phosphoric acid groups is 1. The number of cyclic esters (lactones) is 1. The van der Waals surface area contributed by atoms with Gasteiger partial charge in [-0.05, 0) is 47.9 Å². The summed E-state index contributed by atoms with van der Waals surface area (Å²) in [6.45, 7) is -2.14. The van der Waals surface area contributed by atoms with Gasteiger partial charge in [-0.1, -0.05) is 0 Å². The van der Waals surface area contributed by atoms with E-state index in [4.69, 9.17) is 53.6 Å². The monoisotopic (exact) mass is 678 g/mol. The number of methoxy groups -OCH3 is 2. The smallest absolute Gasteiger partial charge is 0.493 e. The molecular formula is C29H33O16P. The van der Waals surface area contributed by atoms with Crippen molar-refractivity contribution < 1.29 is 90.2 Å². The van der Waals surface area contributed by atoms with Gasteiger partial charge in [-0.25, -0.2) is 4.57 Å². The number of aliphatic hydroxyl groups is 2. The standard InChI is InChI=1S/C29H33O16P/c1-11-38-9-20-27(42-11)23(30)24(31)29(43-20)44-25-14-7-17-16(40-10-41-17)6-13(14)21(22-15(25)8-39-28(22)32)12-4-18(36-2)26(19(5-12)37-3)45-46(33,34)35/h4-7,11,15,20-25,27,29-31H,8-10H2,1-3H3,(H2,33,34,35)/t11-,15+,20-,21-,22+,23-,24-,25-,27-,29+/m1/s1/i2D3,3D3,8D2,21D,22D. The molecule has 16 nitrogen and oxygen atoms in total. The van der Waals surface area contributed by atoms with Crippen molar-refractivity contribution in [2.75, 3.05) is 34.0 Å². The van der Waals surface area contributed by atoms with Gasteiger partial charge >= 0.3 is 13.8 Å². The zero-order chi connectivity index (χ0) is 41.1. The van der Waals surface area contributed by atoms with E-state index in [2.05, 4.69) is 4.52 Å². The molecular weight excluding hydrogens is 635 g/mol. The van der Waals surface area contributed by atoms with Gasteiger partial charge in [0, 0.05) is 14.6 Å². The molecule has 0 amide bonds. The number of hydrogen-bond acceptors (Lipinski definition) is 14. The highest BCUT2D eigenvalue weighted by molar-refractivity contribution is 7.46. The summed E-state index contributed by atoms with van der Waals surface area (Å²) in [6.07, 6.45) is -10.1. The summed E-state index contributed by atoms with van der Waals surface area (Å²) >= 11 is 0. The molecule has 3 fully saturated rings. The minimum atomic E-state index is -5.65. The van der Waals surface area contributed by atoms with E-state index in [1.807, 2.05) is 0 Å². The predicted octanol–water partition coefficient (Wildman–Crippen LogP) is 1.10. The zero-order valence-corrected chi connectivity index (χ0v) is 24.4. The quantitative estimate of drug-likeness (QED) is 0.239. The van der Waals surface area contributed by atoms with E-state index in [0.717, 1.165) is 6.07 Å². The van der Waals surface area contributed by atoms with Gasteiger partial charge in [-0.15, -0.1) is 0 Å². The molecule has 10 atom stereocenters. The first-order valence-electron chi connectivity index (χ1n) is 18.7. The molecule has 5 aliphatic rings. The molecule has 4 heterocycles. The highest BCUT2D eigenvalue weighted by Crippen LogP contribution is 2.57. The number of fused-ring (bicyclic) bond motifs is 4. The Balaban J connectivity index is 1.47. The van der Waals surface area contributed by atoms with Crippen molar-refractivity contribution in [1.82, 2.24) is 0 Å². The van der Waals surface area contributed by atoms with E-state index in [1.165, 1.54) is 6.07 Å². The number of carbonyl (C=O) groups excluding carboxylic acids is 1. The predicted molar refractivity (Wildman–Crippen MR) is 149 cm³/mol. The molecule has 0 radical (unpaired) electrons. The Bertz CT molecular complexity index is 1920. The van der Waals surface area contributed by atoms with Gasteiger partial charge in [0.15, 0.2) is 35.6 Å². The van der Waals surface area contributed by atoms with Gasteiger partial charge in [-0.3, -0.25) is 14.6 Å². The molecule has 0 bridgehead atoms. The first-order valence-corrected chi connectivity index (χ1v) is 15.2. The van der Waals surface area contributed by atoms with E-state index >= 15 is 0 Å². The van der Waals surface area contributed by atoms with E-state index < -0.39 is 124 Å². The summed E-state index contributed by atoms with van der Waals surface area (Å²) in [7, 11) is -12.6. The Kier molecular flexibility index (Phi) is 5.56. The fourth-order valence-electron chi connectivity index (χ4n) is 6.06. The molecule has 0 aromatic heterocycles. The van der Waals surface area contributed by atoms with Gasteiger partial charge in [-0.2, -0.15) is 0 Å². The Hall–Kier alpha value is -3.18. The van der Waals surface area contributed by atoms with Crippen molar-refractivity contribution in [3.63, 3.8) is 0 Å². The SMILES string of the molecule is [2H]C([2H])([2H])Oc1cc([C@]2([2H])c3cc4c(cc3[C@@H](O[C@@H]3O[C@@H]5CO[C@@H](C)O[C@H]5[C@H](O)[C@H]3O)[C@H]3C([2H])([2H])OC(=O)[C@@]32[2H])OCO4)cc(OC([2H])([2H])[2H])c1OP(=O)(O)O. The molecule has 46 heavy (non-hydrogen) atoms. The van der Waals surface area contributed by atoms with Crippen molar-refractivity contribution in [3.8, 4) is 28.7 Å². The van der Waals surface area contributed by atoms with E-state index in [9.17, 15) is 32.1 Å². The lowest BCUT2D eigenvalue weighted by atomic mass is 9.66. The van der Waals surface area contributed by atoms with Crippen molar-refractivity contribution in [2.24, 2.45) is 11.8 Å². The van der Waals surface area contributed by atoms with Crippen molar-refractivity contribution in [3.05, 3.63) is 41.0 Å². The fraction of sp³-hybridized carbons (Fsp3) is 0.552. The van der Waals surface area contributed by atoms with Crippen LogP contribution in [-0.4, -0.2) is 97.0 Å². The first kappa shape index (κ1) is 21.6. The van der Waals surface area contributed by atoms with Gasteiger partial charge in [0.05, 0.1) is 50.2 Å². The molecule has 2 aromatic carbocycles. The Morgan fingerprint density at radius 3 is 2.37 bits per heavy atom. The van der Waals surface area contributed by atoms with Crippen LogP contribution in [0, 0.1) is 11.8 Å². The minimum absolute atomic E-state index is 0.000461. The van der Waals surface area contributed by atoms with Gasteiger partial charge in [0.1, 0.15) is 24.4 Å². The van der Waals surface area contributed by atoms with Crippen LogP contribution in [0.1, 0.15) is 49.3 Å². The summed E-state index contributed by atoms with van der Waals surface area (Å²) < 4.78 is 150. The number of phosphoric ester groups is 1. The summed E-state index contributed by atoms with van der Waals surface area (Å²) in [5.74, 6) is -13.8. The van der Waals surface area contributed by atoms with Gasteiger partial charge in [0.2, 0.25) is 12.5 Å². The molecule has 7 rings (SSSR count). The van der Waals surface area contributed by atoms with Crippen molar-refractivity contribution in [1.29, 1.82) is 0 Å². The average molecular weight is 679 g/mol. The van der Waals surface area contributed by atoms with Crippen LogP contribution in [0.2, 0.25) is 0 Å². The second-order valence-electron chi connectivity index (χ2n) is 10.7. The third-order valence-electron chi connectivity index (χ3n) is 8.01. The van der Waals surface area contributed by atoms with Crippen LogP contribution in [0.3, 0.4) is 0 Å². The zero-order valence-electron chi connectivity index (χ0n) is 33.5. The molecule has 250 valence electrons. The first-order chi connectivity index (χ1) is 25.7. The Morgan fingerprint density at radius 1 is 1.00 bits per heavy atom. The molecule has 0 spiro atoms. The Morgan fingerprint density at radius 2 is 1.70 bits per heavy atom. The van der Waals surface area contributed by atoms with Crippen LogP contribution in [0.15, 0.2) is 24.3 Å². The summed E-state index contributed by atoms with van der Waals surface area (Å²) in [5, 5.41) is 22.2. The van der Waals surface area contributed by atoms with Crippen molar-refractivity contribution >= 4 is 13.8 Å². The third-order valence-corrected chi connectivity index (χ3v) is 8.43. The van der Waals surface area contributed by atoms with Gasteiger partial charge in [0.25, 0.3) is 0 Å². The number of carbonyl (C=O) groups is 1. The van der Waals surface area contributed by atoms with Gasteiger partial charge < -0.3 is 57.4 Å². The number of aliphatic hydroxyl groups excluding tert-OH is 2. The molecule has 0 saturated carbocycles. The summed E-state index contributed by atoms with van der Waals surface area (Å²) in [6, 6.07) is 3.58. The highest BCUT2D eigenvalue weighted by atomic mass is 31.2. The molecule has 4 N–H and O–H groups in total. The third kappa shape index (κ3) is 5.37. The maximum absolute atomic E-state index is 14.0. The lowest BCUT2D eigenvalue weighted by Gasteiger charge is -2.47. The lowest BCUT2D eigenvalue weighted by Crippen LogP contribution is -2.63. The van der Waals surface area contributed by atoms with Crippen LogP contribution >= 0.6 is 7.82 Å². The van der Waals surface area contributed by atoms with Crippen LogP contribution in [0.4, 0.5) is 0 Å². The maximum Gasteiger partial charge on any atom is 0.525 e. The number of rotatable bonds is 7. The van der Waals surface area contributed by atoms with Crippen LogP contribution in [0.25, 0.3) is 0 Å². The second-order valence-corrected chi connectivity index (χ2v) is 11.9. The largest absolute Gasteiger partial charge is 0.525 e. The molecule has 1 aliphatic carbocycles. The van der Waals surface area contributed by atoms with Crippen LogP contribution < -0.4 is 23.5 Å². The molecule has 17 heteroatoms. The summed E-state index contributed by atoms with van der Waals surface area (Å²) in [4.78, 5) is 33.4. The summed E-state index contributed by atoms with van der Waals surface area (Å²) in [5.41, 5.74) is -1.37. The molecule has 2 aromatic rings. The highest BCUT2D eigenvalue weighted by Gasteiger charge is 2.56. The molecule has 3 saturated heterocycles. The fourth-order valence-corrected chi connectivity index (χ4v) is 6.48. The maximum atomic E-state index is 14.0. The minimum Gasteiger partial charge on any atom is -0.493 e. The Labute approximate surface area is 276 Å². The van der Waals surface area contributed by atoms with Crippen LogP contribution in [-0.2, 0) is 33.0 Å². The molecule has 4 aliphatic heterocycles. The number of esters is 1. The van der Waals surface area contributed by atoms with E-state index in [0.29, 0.717) is 12.1 Å². The van der Waals surface area contributed by atoms with E-state index in [-0.39, 0.29) is 30.5 Å². The van der Waals surface area contributed by atoms with E-state index in [1.54, 1.807) is 6.92 Å². The normalized spacial score (nSPS) is 42.7. The van der Waals surface area contributed by atoms with Crippen LogP contribution in [0.5, 0.6) is 28.7 Å². The number of ether oxygens (including phenoxy) is 9. The second kappa shape index (κ2) is 11.8. The molecule has 0 unspecified atom stereocenters. The van der Waals surface area contributed by atoms with Crippen molar-refractivity contribution in [2.45, 2.75) is 55.9 Å². The number of hydrogen-bond donors (Lipinski definition) is 4. The average Bonchev–Trinajstić information content (AvgIpc) is 3.59. The lowest BCUT2D eigenvalue weighted by molar-refractivity contribution is -0.364.